The Labute approximate surface area is 161 Å². The van der Waals surface area contributed by atoms with Gasteiger partial charge in [-0.1, -0.05) is 18.2 Å². The number of benzene rings is 1. The highest BCUT2D eigenvalue weighted by atomic mass is 16.5. The van der Waals surface area contributed by atoms with Crippen molar-refractivity contribution in [2.75, 3.05) is 0 Å². The van der Waals surface area contributed by atoms with Crippen LogP contribution in [0.2, 0.25) is 0 Å². The summed E-state index contributed by atoms with van der Waals surface area (Å²) in [5.74, 6) is 2.66. The van der Waals surface area contributed by atoms with Gasteiger partial charge in [-0.3, -0.25) is 4.79 Å². The van der Waals surface area contributed by atoms with Crippen molar-refractivity contribution < 1.29 is 22.8 Å². The summed E-state index contributed by atoms with van der Waals surface area (Å²) in [6.45, 7) is 0.861. The van der Waals surface area contributed by atoms with Crippen LogP contribution >= 0.6 is 0 Å². The third-order valence-corrected chi connectivity index (χ3v) is 4.14. The summed E-state index contributed by atoms with van der Waals surface area (Å²) in [5.41, 5.74) is 0. The van der Waals surface area contributed by atoms with Crippen LogP contribution in [0.3, 0.4) is 0 Å². The van der Waals surface area contributed by atoms with Crippen LogP contribution in [0.5, 0.6) is 5.75 Å². The number of nitrogens with zero attached hydrogens (tertiary/aromatic N) is 1. The number of carbonyl (C=O) groups excluding carboxylic acids is 1. The minimum atomic E-state index is -0.251. The number of hydrogen-bond acceptors (Lipinski definition) is 5. The molecule has 0 atom stereocenters. The van der Waals surface area contributed by atoms with Crippen molar-refractivity contribution in [3.63, 3.8) is 0 Å². The summed E-state index contributed by atoms with van der Waals surface area (Å²) in [5, 5.41) is 0. The van der Waals surface area contributed by atoms with Gasteiger partial charge in [-0.05, 0) is 48.5 Å². The lowest BCUT2D eigenvalue weighted by Crippen LogP contribution is -2.29. The van der Waals surface area contributed by atoms with Gasteiger partial charge in [0, 0.05) is 0 Å². The molecule has 0 fully saturated rings. The number of ether oxygens (including phenoxy) is 1. The van der Waals surface area contributed by atoms with Crippen LogP contribution in [-0.4, -0.2) is 10.8 Å². The molecular weight excluding hydrogens is 358 g/mol. The van der Waals surface area contributed by atoms with Gasteiger partial charge in [-0.2, -0.15) is 0 Å². The molecule has 3 heterocycles. The second-order valence-corrected chi connectivity index (χ2v) is 6.19. The Morgan fingerprint density at radius 3 is 2.07 bits per heavy atom. The van der Waals surface area contributed by atoms with Gasteiger partial charge in [-0.15, -0.1) is 0 Å². The molecule has 1 amide bonds. The zero-order valence-electron chi connectivity index (χ0n) is 15.1. The topological polar surface area (TPSA) is 69.0 Å². The van der Waals surface area contributed by atoms with E-state index in [1.165, 1.54) is 0 Å². The lowest BCUT2D eigenvalue weighted by Gasteiger charge is -2.19. The van der Waals surface area contributed by atoms with E-state index >= 15 is 0 Å². The summed E-state index contributed by atoms with van der Waals surface area (Å²) in [6.07, 6.45) is 3.16. The molecule has 0 aliphatic rings. The summed E-state index contributed by atoms with van der Waals surface area (Å²) in [4.78, 5) is 14.6. The van der Waals surface area contributed by atoms with E-state index in [1.54, 1.807) is 41.7 Å². The summed E-state index contributed by atoms with van der Waals surface area (Å²) in [7, 11) is 0. The Balaban J connectivity index is 1.46. The Bertz CT molecular complexity index is 951. The van der Waals surface area contributed by atoms with Gasteiger partial charge in [0.05, 0.1) is 25.6 Å². The van der Waals surface area contributed by atoms with Crippen LogP contribution < -0.4 is 4.74 Å². The average Bonchev–Trinajstić information content (AvgIpc) is 3.49. The normalized spacial score (nSPS) is 10.7. The first kappa shape index (κ1) is 17.7. The molecule has 0 spiro atoms. The second kappa shape index (κ2) is 8.35. The number of amides is 1. The lowest BCUT2D eigenvalue weighted by atomic mass is 10.3. The molecule has 0 bridgehead atoms. The SMILES string of the molecule is O=C(c1ccc(COc2ccccc2)o1)N(Cc1ccco1)Cc1ccco1. The molecule has 6 heteroatoms. The maximum Gasteiger partial charge on any atom is 0.290 e. The van der Waals surface area contributed by atoms with Gasteiger partial charge in [0.1, 0.15) is 29.6 Å². The molecule has 142 valence electrons. The van der Waals surface area contributed by atoms with E-state index in [-0.39, 0.29) is 18.3 Å². The number of hydrogen-bond donors (Lipinski definition) is 0. The maximum atomic E-state index is 13.0. The average molecular weight is 377 g/mol. The van der Waals surface area contributed by atoms with Crippen molar-refractivity contribution in [3.8, 4) is 5.75 Å². The van der Waals surface area contributed by atoms with Crippen LogP contribution in [-0.2, 0) is 19.7 Å². The molecule has 4 rings (SSSR count). The molecule has 0 aliphatic carbocycles. The standard InChI is InChI=1S/C22H19NO5/c24-22(21-11-10-20(28-21)16-27-17-6-2-1-3-7-17)23(14-18-8-4-12-25-18)15-19-9-5-13-26-19/h1-13H,14-16H2. The molecule has 4 aromatic rings. The van der Waals surface area contributed by atoms with Gasteiger partial charge in [0.25, 0.3) is 5.91 Å². The summed E-state index contributed by atoms with van der Waals surface area (Å²) in [6, 6.07) is 20.1. The molecule has 6 nitrogen and oxygen atoms in total. The molecule has 28 heavy (non-hydrogen) atoms. The van der Waals surface area contributed by atoms with Gasteiger partial charge in [0.15, 0.2) is 5.76 Å². The number of furan rings is 3. The Kier molecular flexibility index (Phi) is 5.29. The van der Waals surface area contributed by atoms with Crippen LogP contribution in [0.1, 0.15) is 27.8 Å². The zero-order valence-corrected chi connectivity index (χ0v) is 15.1. The van der Waals surface area contributed by atoms with E-state index in [0.717, 1.165) is 5.75 Å². The largest absolute Gasteiger partial charge is 0.486 e. The Morgan fingerprint density at radius 1 is 0.786 bits per heavy atom. The van der Waals surface area contributed by atoms with Gasteiger partial charge >= 0.3 is 0 Å². The van der Waals surface area contributed by atoms with E-state index in [4.69, 9.17) is 18.0 Å². The lowest BCUT2D eigenvalue weighted by molar-refractivity contribution is 0.0668. The number of para-hydroxylation sites is 1. The fourth-order valence-corrected chi connectivity index (χ4v) is 2.78. The van der Waals surface area contributed by atoms with Crippen LogP contribution in [0.15, 0.2) is 92.5 Å². The van der Waals surface area contributed by atoms with Gasteiger partial charge in [-0.25, -0.2) is 0 Å². The fraction of sp³-hybridized carbons (Fsp3) is 0.136. The molecular formula is C22H19NO5. The maximum absolute atomic E-state index is 13.0. The smallest absolute Gasteiger partial charge is 0.290 e. The predicted molar refractivity (Wildman–Crippen MR) is 100 cm³/mol. The second-order valence-electron chi connectivity index (χ2n) is 6.19. The first-order chi connectivity index (χ1) is 13.8. The Morgan fingerprint density at radius 2 is 1.46 bits per heavy atom. The summed E-state index contributed by atoms with van der Waals surface area (Å²) < 4.78 is 22.2. The van der Waals surface area contributed by atoms with E-state index in [2.05, 4.69) is 0 Å². The Hall–Kier alpha value is -3.67. The van der Waals surface area contributed by atoms with Gasteiger partial charge in [0.2, 0.25) is 0 Å². The molecule has 1 aromatic carbocycles. The highest BCUT2D eigenvalue weighted by molar-refractivity contribution is 5.91. The van der Waals surface area contributed by atoms with E-state index in [0.29, 0.717) is 30.4 Å². The van der Waals surface area contributed by atoms with E-state index in [9.17, 15) is 4.79 Å². The van der Waals surface area contributed by atoms with Crippen LogP contribution in [0, 0.1) is 0 Å². The molecule has 0 aliphatic heterocycles. The molecule has 0 saturated carbocycles. The van der Waals surface area contributed by atoms with Crippen molar-refractivity contribution in [1.29, 1.82) is 0 Å². The third-order valence-electron chi connectivity index (χ3n) is 4.14. The highest BCUT2D eigenvalue weighted by Crippen LogP contribution is 2.18. The van der Waals surface area contributed by atoms with Crippen molar-refractivity contribution in [1.82, 2.24) is 4.90 Å². The van der Waals surface area contributed by atoms with Gasteiger partial charge < -0.3 is 22.9 Å². The van der Waals surface area contributed by atoms with Crippen LogP contribution in [0.25, 0.3) is 0 Å². The minimum Gasteiger partial charge on any atom is -0.486 e. The monoisotopic (exact) mass is 377 g/mol. The van der Waals surface area contributed by atoms with Crippen LogP contribution in [0.4, 0.5) is 0 Å². The van der Waals surface area contributed by atoms with Crippen molar-refractivity contribution in [2.24, 2.45) is 0 Å². The van der Waals surface area contributed by atoms with Crippen molar-refractivity contribution in [3.05, 3.63) is 102 Å². The fourth-order valence-electron chi connectivity index (χ4n) is 2.78. The predicted octanol–water partition coefficient (Wildman–Crippen LogP) is 4.89. The summed E-state index contributed by atoms with van der Waals surface area (Å²) >= 11 is 0. The van der Waals surface area contributed by atoms with Crippen molar-refractivity contribution >= 4 is 5.91 Å². The first-order valence-corrected chi connectivity index (χ1v) is 8.88. The number of carbonyl (C=O) groups is 1. The molecule has 0 radical (unpaired) electrons. The quantitative estimate of drug-likeness (QED) is 0.437. The number of rotatable bonds is 8. The van der Waals surface area contributed by atoms with E-state index < -0.39 is 0 Å². The third kappa shape index (κ3) is 4.35. The molecule has 3 aromatic heterocycles. The minimum absolute atomic E-state index is 0.241. The molecule has 0 unspecified atom stereocenters. The first-order valence-electron chi connectivity index (χ1n) is 8.88. The molecule has 0 saturated heterocycles. The molecule has 0 N–H and O–H groups in total. The van der Waals surface area contributed by atoms with E-state index in [1.807, 2.05) is 42.5 Å². The highest BCUT2D eigenvalue weighted by Gasteiger charge is 2.22. The zero-order chi connectivity index (χ0) is 19.2. The van der Waals surface area contributed by atoms with Crippen molar-refractivity contribution in [2.45, 2.75) is 19.7 Å².